The molecule has 0 aliphatic carbocycles. The summed E-state index contributed by atoms with van der Waals surface area (Å²) in [7, 11) is 1.66. The van der Waals surface area contributed by atoms with Gasteiger partial charge in [0, 0.05) is 26.7 Å². The van der Waals surface area contributed by atoms with Crippen molar-refractivity contribution in [2.75, 3.05) is 20.1 Å². The van der Waals surface area contributed by atoms with Crippen LogP contribution in [0.5, 0.6) is 5.75 Å². The van der Waals surface area contributed by atoms with Crippen LogP contribution >= 0.6 is 0 Å². The van der Waals surface area contributed by atoms with Crippen LogP contribution < -0.4 is 10.1 Å². The van der Waals surface area contributed by atoms with Gasteiger partial charge in [-0.25, -0.2) is 0 Å². The molecule has 0 spiro atoms. The molecule has 3 rings (SSSR count). The number of hydrogen-bond donors (Lipinski definition) is 1. The van der Waals surface area contributed by atoms with E-state index in [4.69, 9.17) is 0 Å². The van der Waals surface area contributed by atoms with Crippen LogP contribution in [0.4, 0.5) is 13.2 Å². The van der Waals surface area contributed by atoms with E-state index in [-0.39, 0.29) is 17.6 Å². The summed E-state index contributed by atoms with van der Waals surface area (Å²) in [6, 6.07) is 10.4. The fourth-order valence-electron chi connectivity index (χ4n) is 3.96. The molecule has 4 nitrogen and oxygen atoms in total. The average molecular weight is 420 g/mol. The zero-order chi connectivity index (χ0) is 21.9. The van der Waals surface area contributed by atoms with Crippen molar-refractivity contribution in [2.24, 2.45) is 5.92 Å². The van der Waals surface area contributed by atoms with Gasteiger partial charge in [-0.1, -0.05) is 24.3 Å². The smallest absolute Gasteiger partial charge is 0.406 e. The molecule has 1 aliphatic rings. The zero-order valence-corrected chi connectivity index (χ0v) is 17.5. The van der Waals surface area contributed by atoms with Crippen molar-refractivity contribution in [1.82, 2.24) is 10.2 Å². The predicted molar refractivity (Wildman–Crippen MR) is 109 cm³/mol. The Bertz CT molecular complexity index is 883. The van der Waals surface area contributed by atoms with Gasteiger partial charge in [-0.3, -0.25) is 9.69 Å². The van der Waals surface area contributed by atoms with E-state index in [1.54, 1.807) is 13.1 Å². The summed E-state index contributed by atoms with van der Waals surface area (Å²) in [6.45, 7) is 6.54. The largest absolute Gasteiger partial charge is 0.573 e. The number of rotatable bonds is 7. The van der Waals surface area contributed by atoms with Crippen LogP contribution in [-0.4, -0.2) is 37.3 Å². The Morgan fingerprint density at radius 3 is 2.33 bits per heavy atom. The number of carbonyl (C=O) groups is 1. The predicted octanol–water partition coefficient (Wildman–Crippen LogP) is 4.17. The standard InChI is InChI=1S/C23H27F3N2O2/c1-15-9-18(8-7-17-5-4-6-20(11-17)30-23(24,25)26)10-16(2)21(15)14-28-12-19(13-28)22(29)27-3/h4-6,9-11,19H,7-8,12-14H2,1-3H3,(H,27,29). The molecule has 1 aliphatic heterocycles. The first kappa shape index (κ1) is 22.2. The Morgan fingerprint density at radius 2 is 1.73 bits per heavy atom. The number of likely N-dealkylation sites (tertiary alicyclic amines) is 1. The van der Waals surface area contributed by atoms with Crippen LogP contribution in [-0.2, 0) is 24.2 Å². The van der Waals surface area contributed by atoms with Gasteiger partial charge in [-0.2, -0.15) is 0 Å². The van der Waals surface area contributed by atoms with Crippen LogP contribution in [0.1, 0.15) is 27.8 Å². The molecular formula is C23H27F3N2O2. The van der Waals surface area contributed by atoms with Crippen LogP contribution in [0.3, 0.4) is 0 Å². The third kappa shape index (κ3) is 5.75. The van der Waals surface area contributed by atoms with Gasteiger partial charge < -0.3 is 10.1 Å². The van der Waals surface area contributed by atoms with E-state index in [1.165, 1.54) is 28.8 Å². The number of amides is 1. The summed E-state index contributed by atoms with van der Waals surface area (Å²) < 4.78 is 41.2. The quantitative estimate of drug-likeness (QED) is 0.731. The van der Waals surface area contributed by atoms with Gasteiger partial charge in [-0.05, 0) is 66.6 Å². The lowest BCUT2D eigenvalue weighted by atomic mass is 9.93. The normalized spacial score (nSPS) is 15.0. The second-order valence-electron chi connectivity index (χ2n) is 7.91. The van der Waals surface area contributed by atoms with E-state index in [0.717, 1.165) is 37.2 Å². The minimum atomic E-state index is -4.68. The SMILES string of the molecule is CNC(=O)C1CN(Cc2c(C)cc(CCc3cccc(OC(F)(F)F)c3)cc2C)C1. The molecule has 30 heavy (non-hydrogen) atoms. The molecule has 1 fully saturated rings. The topological polar surface area (TPSA) is 41.6 Å². The van der Waals surface area contributed by atoms with Gasteiger partial charge >= 0.3 is 6.36 Å². The molecule has 0 atom stereocenters. The molecule has 2 aromatic carbocycles. The number of hydrogen-bond acceptors (Lipinski definition) is 3. The van der Waals surface area contributed by atoms with E-state index >= 15 is 0 Å². The first-order valence-corrected chi connectivity index (χ1v) is 10.0. The Morgan fingerprint density at radius 1 is 1.10 bits per heavy atom. The Kier molecular flexibility index (Phi) is 6.71. The summed E-state index contributed by atoms with van der Waals surface area (Å²) in [6.07, 6.45) is -3.31. The second-order valence-corrected chi connectivity index (χ2v) is 7.91. The number of benzene rings is 2. The number of nitrogens with zero attached hydrogens (tertiary/aromatic N) is 1. The molecule has 2 aromatic rings. The second kappa shape index (κ2) is 9.08. The number of carbonyl (C=O) groups excluding carboxylic acids is 1. The molecule has 1 saturated heterocycles. The molecule has 0 radical (unpaired) electrons. The summed E-state index contributed by atoms with van der Waals surface area (Å²) in [4.78, 5) is 13.9. The third-order valence-corrected chi connectivity index (χ3v) is 5.55. The fourth-order valence-corrected chi connectivity index (χ4v) is 3.96. The number of nitrogens with one attached hydrogen (secondary N) is 1. The number of halogens is 3. The summed E-state index contributed by atoms with van der Waals surface area (Å²) in [5.41, 5.74) is 5.62. The minimum absolute atomic E-state index is 0.0759. The maximum absolute atomic E-state index is 12.4. The monoisotopic (exact) mass is 420 g/mol. The average Bonchev–Trinajstić information content (AvgIpc) is 2.62. The molecule has 1 heterocycles. The number of alkyl halides is 3. The van der Waals surface area contributed by atoms with Gasteiger partial charge in [0.25, 0.3) is 0 Å². The first-order chi connectivity index (χ1) is 14.1. The van der Waals surface area contributed by atoms with Gasteiger partial charge in [0.2, 0.25) is 5.91 Å². The van der Waals surface area contributed by atoms with Crippen LogP contribution in [0, 0.1) is 19.8 Å². The van der Waals surface area contributed by atoms with E-state index in [2.05, 4.69) is 40.9 Å². The van der Waals surface area contributed by atoms with Crippen molar-refractivity contribution in [1.29, 1.82) is 0 Å². The van der Waals surface area contributed by atoms with E-state index in [1.807, 2.05) is 6.07 Å². The van der Waals surface area contributed by atoms with Crippen molar-refractivity contribution in [3.05, 3.63) is 64.2 Å². The van der Waals surface area contributed by atoms with Gasteiger partial charge in [0.15, 0.2) is 0 Å². The highest BCUT2D eigenvalue weighted by Gasteiger charge is 2.32. The molecule has 1 N–H and O–H groups in total. The molecule has 7 heteroatoms. The highest BCUT2D eigenvalue weighted by Crippen LogP contribution is 2.26. The van der Waals surface area contributed by atoms with Crippen molar-refractivity contribution >= 4 is 5.91 Å². The van der Waals surface area contributed by atoms with E-state index in [9.17, 15) is 18.0 Å². The lowest BCUT2D eigenvalue weighted by Crippen LogP contribution is -2.52. The Hall–Kier alpha value is -2.54. The molecule has 1 amide bonds. The van der Waals surface area contributed by atoms with E-state index < -0.39 is 6.36 Å². The minimum Gasteiger partial charge on any atom is -0.406 e. The molecule has 162 valence electrons. The van der Waals surface area contributed by atoms with Crippen molar-refractivity contribution in [2.45, 2.75) is 39.6 Å². The van der Waals surface area contributed by atoms with Crippen LogP contribution in [0.15, 0.2) is 36.4 Å². The van der Waals surface area contributed by atoms with Gasteiger partial charge in [-0.15, -0.1) is 13.2 Å². The van der Waals surface area contributed by atoms with Gasteiger partial charge in [0.1, 0.15) is 5.75 Å². The highest BCUT2D eigenvalue weighted by molar-refractivity contribution is 5.79. The first-order valence-electron chi connectivity index (χ1n) is 10.0. The summed E-state index contributed by atoms with van der Waals surface area (Å²) in [5.74, 6) is -0.0148. The number of ether oxygens (including phenoxy) is 1. The maximum atomic E-state index is 12.4. The molecule has 0 aromatic heterocycles. The lowest BCUT2D eigenvalue weighted by Gasteiger charge is -2.38. The van der Waals surface area contributed by atoms with Crippen LogP contribution in [0.2, 0.25) is 0 Å². The van der Waals surface area contributed by atoms with Crippen molar-refractivity contribution in [3.63, 3.8) is 0 Å². The molecular weight excluding hydrogens is 393 g/mol. The highest BCUT2D eigenvalue weighted by atomic mass is 19.4. The lowest BCUT2D eigenvalue weighted by molar-refractivity contribution is -0.274. The fraction of sp³-hybridized carbons (Fsp3) is 0.435. The van der Waals surface area contributed by atoms with Crippen molar-refractivity contribution < 1.29 is 22.7 Å². The Labute approximate surface area is 175 Å². The van der Waals surface area contributed by atoms with Crippen LogP contribution in [0.25, 0.3) is 0 Å². The van der Waals surface area contributed by atoms with E-state index in [0.29, 0.717) is 6.42 Å². The molecule has 0 unspecified atom stereocenters. The van der Waals surface area contributed by atoms with Gasteiger partial charge in [0.05, 0.1) is 5.92 Å². The van der Waals surface area contributed by atoms with Crippen molar-refractivity contribution in [3.8, 4) is 5.75 Å². The summed E-state index contributed by atoms with van der Waals surface area (Å²) >= 11 is 0. The Balaban J connectivity index is 1.59. The summed E-state index contributed by atoms with van der Waals surface area (Å²) in [5, 5.41) is 2.69. The maximum Gasteiger partial charge on any atom is 0.573 e. The third-order valence-electron chi connectivity index (χ3n) is 5.55. The molecule has 0 bridgehead atoms. The molecule has 0 saturated carbocycles. The zero-order valence-electron chi connectivity index (χ0n) is 17.5. The number of aryl methyl sites for hydroxylation is 4.